The number of alkyl halides is 2. The molecule has 0 saturated heterocycles. The summed E-state index contributed by atoms with van der Waals surface area (Å²) < 4.78 is 32.4. The third-order valence-corrected chi connectivity index (χ3v) is 6.95. The first kappa shape index (κ1) is 22.2. The molecule has 0 bridgehead atoms. The molecule has 0 radical (unpaired) electrons. The zero-order valence-electron chi connectivity index (χ0n) is 17.8. The van der Waals surface area contributed by atoms with E-state index in [1.807, 2.05) is 12.1 Å². The molecule has 0 heterocycles. The summed E-state index contributed by atoms with van der Waals surface area (Å²) in [5, 5.41) is 3.67. The fourth-order valence-corrected chi connectivity index (χ4v) is 5.12. The molecule has 0 aliphatic heterocycles. The van der Waals surface area contributed by atoms with Crippen molar-refractivity contribution in [3.8, 4) is 0 Å². The summed E-state index contributed by atoms with van der Waals surface area (Å²) in [4.78, 5) is 11.6. The fraction of sp³-hybridized carbons (Fsp3) is 0.696. The molecule has 1 aromatic carbocycles. The Bertz CT molecular complexity index is 726. The Morgan fingerprint density at radius 1 is 1.28 bits per heavy atom. The smallest absolute Gasteiger partial charge is 0.248 e. The number of ether oxygens (including phenoxy) is 1. The average molecular weight is 409 g/mol. The molecule has 3 rings (SSSR count). The lowest BCUT2D eigenvalue weighted by Crippen LogP contribution is -2.57. The van der Waals surface area contributed by atoms with Gasteiger partial charge in [0.1, 0.15) is 0 Å². The fourth-order valence-electron chi connectivity index (χ4n) is 5.12. The number of nitrogens with one attached hydrogen (secondary N) is 1. The van der Waals surface area contributed by atoms with Crippen LogP contribution in [0, 0.1) is 5.92 Å². The van der Waals surface area contributed by atoms with Crippen molar-refractivity contribution in [3.63, 3.8) is 0 Å². The van der Waals surface area contributed by atoms with Crippen LogP contribution in [0.25, 0.3) is 0 Å². The van der Waals surface area contributed by atoms with E-state index in [-0.39, 0.29) is 30.4 Å². The van der Waals surface area contributed by atoms with Crippen LogP contribution in [0.5, 0.6) is 0 Å². The predicted molar refractivity (Wildman–Crippen MR) is 110 cm³/mol. The maximum atomic E-state index is 13.3. The van der Waals surface area contributed by atoms with E-state index in [0.717, 1.165) is 31.4 Å². The first-order chi connectivity index (χ1) is 13.6. The zero-order valence-corrected chi connectivity index (χ0v) is 17.8. The number of nitrogens with two attached hydrogens (primary N) is 1. The highest BCUT2D eigenvalue weighted by Gasteiger charge is 2.42. The number of carbonyl (C=O) groups is 1. The van der Waals surface area contributed by atoms with Crippen molar-refractivity contribution in [2.75, 3.05) is 13.7 Å². The second-order valence-electron chi connectivity index (χ2n) is 9.31. The van der Waals surface area contributed by atoms with Crippen molar-refractivity contribution in [1.29, 1.82) is 0 Å². The summed E-state index contributed by atoms with van der Waals surface area (Å²) in [6, 6.07) is 5.78. The third-order valence-electron chi connectivity index (χ3n) is 6.95. The molecule has 4 nitrogen and oxygen atoms in total. The molecule has 3 N–H and O–H groups in total. The van der Waals surface area contributed by atoms with E-state index < -0.39 is 11.8 Å². The summed E-state index contributed by atoms with van der Waals surface area (Å²) in [6.45, 7) is 5.16. The van der Waals surface area contributed by atoms with Gasteiger partial charge in [-0.1, -0.05) is 19.9 Å². The second-order valence-corrected chi connectivity index (χ2v) is 9.31. The van der Waals surface area contributed by atoms with Crippen LogP contribution in [0.3, 0.4) is 0 Å². The standard InChI is InChI=1S/C23H34F2N2O2/c1-22(2)18-13-17(21(26)28)7-6-16(18)14-19(29-3)20(22)27-12-4-5-15-8-10-23(24,25)11-9-15/h6-7,13,15,19-20,27H,4-5,8-12,14H2,1-3H3,(H2,26,28)/t19-,20+/m0/s1. The lowest BCUT2D eigenvalue weighted by Gasteiger charge is -2.45. The Kier molecular flexibility index (Phi) is 6.64. The first-order valence-electron chi connectivity index (χ1n) is 10.7. The van der Waals surface area contributed by atoms with Crippen molar-refractivity contribution in [2.45, 2.75) is 82.3 Å². The van der Waals surface area contributed by atoms with E-state index >= 15 is 0 Å². The monoisotopic (exact) mass is 408 g/mol. The molecule has 6 heteroatoms. The van der Waals surface area contributed by atoms with E-state index in [0.29, 0.717) is 24.3 Å². The van der Waals surface area contributed by atoms with Gasteiger partial charge in [0, 0.05) is 43.4 Å². The molecule has 1 fully saturated rings. The van der Waals surface area contributed by atoms with Crippen molar-refractivity contribution >= 4 is 5.91 Å². The minimum absolute atomic E-state index is 0.0327. The summed E-state index contributed by atoms with van der Waals surface area (Å²) in [5.74, 6) is -2.46. The lowest BCUT2D eigenvalue weighted by molar-refractivity contribution is -0.0467. The van der Waals surface area contributed by atoms with Gasteiger partial charge in [-0.3, -0.25) is 4.79 Å². The van der Waals surface area contributed by atoms with Crippen LogP contribution in [-0.4, -0.2) is 37.6 Å². The van der Waals surface area contributed by atoms with Gasteiger partial charge < -0.3 is 15.8 Å². The molecule has 162 valence electrons. The van der Waals surface area contributed by atoms with Gasteiger partial charge in [-0.15, -0.1) is 0 Å². The number of fused-ring (bicyclic) bond motifs is 1. The van der Waals surface area contributed by atoms with Gasteiger partial charge in [-0.2, -0.15) is 0 Å². The number of halogens is 2. The van der Waals surface area contributed by atoms with Gasteiger partial charge in [0.15, 0.2) is 0 Å². The topological polar surface area (TPSA) is 64.3 Å². The quantitative estimate of drug-likeness (QED) is 0.665. The van der Waals surface area contributed by atoms with E-state index in [4.69, 9.17) is 10.5 Å². The molecule has 1 amide bonds. The summed E-state index contributed by atoms with van der Waals surface area (Å²) in [6.07, 6.45) is 4.09. The minimum atomic E-state index is -2.45. The van der Waals surface area contributed by atoms with Crippen LogP contribution in [0.2, 0.25) is 0 Å². The maximum Gasteiger partial charge on any atom is 0.248 e. The van der Waals surface area contributed by atoms with Crippen molar-refractivity contribution in [3.05, 3.63) is 34.9 Å². The molecule has 2 atom stereocenters. The molecule has 2 aliphatic rings. The molecule has 2 aliphatic carbocycles. The number of methoxy groups -OCH3 is 1. The second kappa shape index (κ2) is 8.68. The summed E-state index contributed by atoms with van der Waals surface area (Å²) >= 11 is 0. The van der Waals surface area contributed by atoms with Crippen molar-refractivity contribution in [2.24, 2.45) is 11.7 Å². The van der Waals surface area contributed by atoms with Crippen LogP contribution in [-0.2, 0) is 16.6 Å². The number of primary amides is 1. The highest BCUT2D eigenvalue weighted by atomic mass is 19.3. The SMILES string of the molecule is CO[C@H]1Cc2ccc(C(N)=O)cc2C(C)(C)[C@@H]1NCCCC1CCC(F)(F)CC1. The molecule has 1 aromatic rings. The molecule has 0 aromatic heterocycles. The average Bonchev–Trinajstić information content (AvgIpc) is 2.67. The maximum absolute atomic E-state index is 13.3. The molecular formula is C23H34F2N2O2. The number of benzene rings is 1. The molecule has 1 saturated carbocycles. The Hall–Kier alpha value is -1.53. The van der Waals surface area contributed by atoms with E-state index in [9.17, 15) is 13.6 Å². The number of hydrogen-bond donors (Lipinski definition) is 2. The van der Waals surface area contributed by atoms with Gasteiger partial charge in [0.2, 0.25) is 11.8 Å². The highest BCUT2D eigenvalue weighted by Crippen LogP contribution is 2.39. The Balaban J connectivity index is 1.62. The number of rotatable bonds is 7. The molecule has 0 unspecified atom stereocenters. The molecule has 0 spiro atoms. The Morgan fingerprint density at radius 2 is 1.97 bits per heavy atom. The molecule has 29 heavy (non-hydrogen) atoms. The van der Waals surface area contributed by atoms with Gasteiger partial charge in [-0.05, 0) is 61.4 Å². The van der Waals surface area contributed by atoms with Gasteiger partial charge in [-0.25, -0.2) is 8.78 Å². The zero-order chi connectivity index (χ0) is 21.2. The third kappa shape index (κ3) is 4.97. The number of amides is 1. The normalized spacial score (nSPS) is 26.1. The van der Waals surface area contributed by atoms with Gasteiger partial charge in [0.05, 0.1) is 6.10 Å². The predicted octanol–water partition coefficient (Wildman–Crippen LogP) is 4.20. The Labute approximate surface area is 172 Å². The van der Waals surface area contributed by atoms with Gasteiger partial charge in [0.25, 0.3) is 0 Å². The first-order valence-corrected chi connectivity index (χ1v) is 10.7. The number of hydrogen-bond acceptors (Lipinski definition) is 3. The van der Waals surface area contributed by atoms with Crippen LogP contribution >= 0.6 is 0 Å². The van der Waals surface area contributed by atoms with E-state index in [1.165, 1.54) is 5.56 Å². The van der Waals surface area contributed by atoms with E-state index in [2.05, 4.69) is 19.2 Å². The van der Waals surface area contributed by atoms with E-state index in [1.54, 1.807) is 13.2 Å². The van der Waals surface area contributed by atoms with Crippen LogP contribution in [0.1, 0.15) is 73.9 Å². The lowest BCUT2D eigenvalue weighted by atomic mass is 9.67. The largest absolute Gasteiger partial charge is 0.379 e. The van der Waals surface area contributed by atoms with Crippen LogP contribution in [0.4, 0.5) is 8.78 Å². The van der Waals surface area contributed by atoms with Crippen molar-refractivity contribution in [1.82, 2.24) is 5.32 Å². The minimum Gasteiger partial charge on any atom is -0.379 e. The van der Waals surface area contributed by atoms with Crippen LogP contribution in [0.15, 0.2) is 18.2 Å². The Morgan fingerprint density at radius 3 is 2.59 bits per heavy atom. The van der Waals surface area contributed by atoms with Crippen molar-refractivity contribution < 1.29 is 18.3 Å². The molecular weight excluding hydrogens is 374 g/mol. The number of carbonyl (C=O) groups excluding carboxylic acids is 1. The van der Waals surface area contributed by atoms with Gasteiger partial charge >= 0.3 is 0 Å². The highest BCUT2D eigenvalue weighted by molar-refractivity contribution is 5.93. The summed E-state index contributed by atoms with van der Waals surface area (Å²) in [7, 11) is 1.74. The summed E-state index contributed by atoms with van der Waals surface area (Å²) in [5.41, 5.74) is 8.10. The van der Waals surface area contributed by atoms with Crippen LogP contribution < -0.4 is 11.1 Å².